The molecule has 8 heteroatoms. The van der Waals surface area contributed by atoms with E-state index in [1.54, 1.807) is 6.08 Å². The number of aliphatic imine (C=N–C) groups is 1. The van der Waals surface area contributed by atoms with E-state index in [-0.39, 0.29) is 0 Å². The normalized spacial score (nSPS) is 11.8. The SMILES string of the molecule is Cc1cc(/C=C/C(N)=O)ccc1C=NCc1nc2cc(N(CCCl)CCCl)ccc2n1C. The molecule has 3 rings (SSSR count). The molecule has 0 atom stereocenters. The second-order valence-electron chi connectivity index (χ2n) is 7.45. The average Bonchev–Trinajstić information content (AvgIpc) is 3.08. The van der Waals surface area contributed by atoms with Crippen molar-refractivity contribution < 1.29 is 4.79 Å². The fourth-order valence-electron chi connectivity index (χ4n) is 3.50. The lowest BCUT2D eigenvalue weighted by molar-refractivity contribution is -0.113. The summed E-state index contributed by atoms with van der Waals surface area (Å²) >= 11 is 11.9. The Balaban J connectivity index is 1.76. The maximum absolute atomic E-state index is 10.9. The first-order chi connectivity index (χ1) is 15.4. The fourth-order valence-corrected chi connectivity index (χ4v) is 3.91. The number of carbonyl (C=O) groups is 1. The number of hydrogen-bond acceptors (Lipinski definition) is 4. The molecule has 0 aliphatic heterocycles. The van der Waals surface area contributed by atoms with Crippen molar-refractivity contribution in [2.45, 2.75) is 13.5 Å². The van der Waals surface area contributed by atoms with Crippen LogP contribution in [0.4, 0.5) is 5.69 Å². The third-order valence-corrected chi connectivity index (χ3v) is 5.57. The van der Waals surface area contributed by atoms with Crippen LogP contribution in [0.15, 0.2) is 47.5 Å². The van der Waals surface area contributed by atoms with Crippen LogP contribution in [0.2, 0.25) is 0 Å². The summed E-state index contributed by atoms with van der Waals surface area (Å²) in [5, 5.41) is 0. The van der Waals surface area contributed by atoms with E-state index in [4.69, 9.17) is 33.9 Å². The van der Waals surface area contributed by atoms with Crippen LogP contribution in [0.3, 0.4) is 0 Å². The Bertz CT molecular complexity index is 1150. The monoisotopic (exact) mass is 471 g/mol. The van der Waals surface area contributed by atoms with E-state index in [2.05, 4.69) is 32.7 Å². The quantitative estimate of drug-likeness (QED) is 0.272. The van der Waals surface area contributed by atoms with Gasteiger partial charge in [-0.2, -0.15) is 0 Å². The minimum atomic E-state index is -0.464. The highest BCUT2D eigenvalue weighted by molar-refractivity contribution is 6.18. The maximum atomic E-state index is 10.9. The van der Waals surface area contributed by atoms with Crippen molar-refractivity contribution in [2.24, 2.45) is 17.8 Å². The number of aromatic nitrogens is 2. The lowest BCUT2D eigenvalue weighted by Crippen LogP contribution is -2.27. The number of primary amides is 1. The van der Waals surface area contributed by atoms with Gasteiger partial charge in [-0.05, 0) is 47.9 Å². The maximum Gasteiger partial charge on any atom is 0.241 e. The molecule has 0 radical (unpaired) electrons. The molecule has 0 fully saturated rings. The van der Waals surface area contributed by atoms with Crippen molar-refractivity contribution in [3.63, 3.8) is 0 Å². The molecule has 0 saturated heterocycles. The Morgan fingerprint density at radius 3 is 2.59 bits per heavy atom. The van der Waals surface area contributed by atoms with Crippen LogP contribution in [-0.4, -0.2) is 46.5 Å². The summed E-state index contributed by atoms with van der Waals surface area (Å²) in [4.78, 5) is 22.5. The third kappa shape index (κ3) is 5.90. The van der Waals surface area contributed by atoms with Crippen molar-refractivity contribution in [1.29, 1.82) is 0 Å². The van der Waals surface area contributed by atoms with E-state index in [1.807, 2.05) is 38.4 Å². The minimum absolute atomic E-state index is 0.464. The number of anilines is 1. The van der Waals surface area contributed by atoms with Crippen LogP contribution < -0.4 is 10.6 Å². The molecule has 0 unspecified atom stereocenters. The number of nitrogens with zero attached hydrogens (tertiary/aromatic N) is 4. The van der Waals surface area contributed by atoms with Gasteiger partial charge in [-0.1, -0.05) is 18.2 Å². The summed E-state index contributed by atoms with van der Waals surface area (Å²) < 4.78 is 2.06. The molecular formula is C24H27Cl2N5O. The van der Waals surface area contributed by atoms with Crippen LogP contribution in [-0.2, 0) is 18.4 Å². The van der Waals surface area contributed by atoms with Gasteiger partial charge in [0.1, 0.15) is 5.82 Å². The lowest BCUT2D eigenvalue weighted by Gasteiger charge is -2.22. The second kappa shape index (κ2) is 11.2. The van der Waals surface area contributed by atoms with Crippen molar-refractivity contribution >= 4 is 58.1 Å². The summed E-state index contributed by atoms with van der Waals surface area (Å²) in [6.07, 6.45) is 4.90. The number of rotatable bonds is 10. The number of carbonyl (C=O) groups excluding carboxylic acids is 1. The van der Waals surface area contributed by atoms with Gasteiger partial charge in [-0.3, -0.25) is 9.79 Å². The first-order valence-corrected chi connectivity index (χ1v) is 11.4. The molecule has 0 saturated carbocycles. The summed E-state index contributed by atoms with van der Waals surface area (Å²) in [7, 11) is 2.00. The van der Waals surface area contributed by atoms with E-state index < -0.39 is 5.91 Å². The van der Waals surface area contributed by atoms with E-state index >= 15 is 0 Å². The molecule has 1 heterocycles. The fraction of sp³-hybridized carbons (Fsp3) is 0.292. The van der Waals surface area contributed by atoms with Gasteiger partial charge in [0, 0.05) is 49.9 Å². The number of nitrogens with two attached hydrogens (primary N) is 1. The number of halogens is 2. The smallest absolute Gasteiger partial charge is 0.241 e. The number of alkyl halides is 2. The molecule has 32 heavy (non-hydrogen) atoms. The molecule has 0 bridgehead atoms. The van der Waals surface area contributed by atoms with Gasteiger partial charge >= 0.3 is 0 Å². The standard InChI is InChI=1S/C24H27Cl2N5O/c1-17-13-18(4-8-23(27)32)3-5-19(17)15-28-16-24-29-21-14-20(6-7-22(21)30(24)2)31(11-9-25)12-10-26/h3-8,13-15H,9-12,16H2,1-2H3,(H2,27,32)/b8-4+,28-15?. The van der Waals surface area contributed by atoms with Gasteiger partial charge in [0.15, 0.2) is 0 Å². The third-order valence-electron chi connectivity index (χ3n) is 5.23. The molecule has 1 amide bonds. The number of hydrogen-bond donors (Lipinski definition) is 1. The van der Waals surface area contributed by atoms with Gasteiger partial charge in [0.25, 0.3) is 0 Å². The number of amides is 1. The second-order valence-corrected chi connectivity index (χ2v) is 8.20. The lowest BCUT2D eigenvalue weighted by atomic mass is 10.1. The van der Waals surface area contributed by atoms with E-state index in [0.717, 1.165) is 52.3 Å². The van der Waals surface area contributed by atoms with Gasteiger partial charge in [-0.15, -0.1) is 23.2 Å². The van der Waals surface area contributed by atoms with Crippen molar-refractivity contribution in [3.8, 4) is 0 Å². The van der Waals surface area contributed by atoms with Crippen molar-refractivity contribution in [3.05, 3.63) is 65.0 Å². The molecule has 168 valence electrons. The Hall–Kier alpha value is -2.83. The van der Waals surface area contributed by atoms with Crippen LogP contribution >= 0.6 is 23.2 Å². The van der Waals surface area contributed by atoms with Crippen LogP contribution in [0.5, 0.6) is 0 Å². The van der Waals surface area contributed by atoms with Crippen LogP contribution in [0.1, 0.15) is 22.5 Å². The first kappa shape index (κ1) is 23.8. The first-order valence-electron chi connectivity index (χ1n) is 10.3. The summed E-state index contributed by atoms with van der Waals surface area (Å²) in [6, 6.07) is 12.1. The largest absolute Gasteiger partial charge is 0.369 e. The van der Waals surface area contributed by atoms with Crippen molar-refractivity contribution in [1.82, 2.24) is 9.55 Å². The predicted octanol–water partition coefficient (Wildman–Crippen LogP) is 4.28. The van der Waals surface area contributed by atoms with E-state index in [9.17, 15) is 4.79 Å². The molecule has 3 aromatic rings. The van der Waals surface area contributed by atoms with Gasteiger partial charge in [0.05, 0.1) is 17.6 Å². The van der Waals surface area contributed by atoms with Gasteiger partial charge < -0.3 is 15.2 Å². The number of benzene rings is 2. The molecule has 0 aliphatic carbocycles. The highest BCUT2D eigenvalue weighted by Crippen LogP contribution is 2.23. The van der Waals surface area contributed by atoms with Crippen LogP contribution in [0.25, 0.3) is 17.1 Å². The summed E-state index contributed by atoms with van der Waals surface area (Å²) in [6.45, 7) is 3.95. The van der Waals surface area contributed by atoms with Crippen LogP contribution in [0, 0.1) is 6.92 Å². The zero-order chi connectivity index (χ0) is 23.1. The van der Waals surface area contributed by atoms with E-state index in [0.29, 0.717) is 18.3 Å². The summed E-state index contributed by atoms with van der Waals surface area (Å²) in [5.41, 5.74) is 11.2. The number of fused-ring (bicyclic) bond motifs is 1. The van der Waals surface area contributed by atoms with E-state index in [1.165, 1.54) is 6.08 Å². The highest BCUT2D eigenvalue weighted by atomic mass is 35.5. The molecule has 2 aromatic carbocycles. The van der Waals surface area contributed by atoms with Crippen molar-refractivity contribution in [2.75, 3.05) is 29.7 Å². The van der Waals surface area contributed by atoms with Gasteiger partial charge in [-0.25, -0.2) is 4.98 Å². The zero-order valence-corrected chi connectivity index (χ0v) is 19.8. The van der Waals surface area contributed by atoms with Gasteiger partial charge in [0.2, 0.25) is 5.91 Å². The zero-order valence-electron chi connectivity index (χ0n) is 18.3. The Morgan fingerprint density at radius 2 is 1.94 bits per heavy atom. The Kier molecular flexibility index (Phi) is 8.31. The number of imidazole rings is 1. The summed E-state index contributed by atoms with van der Waals surface area (Å²) in [5.74, 6) is 1.50. The highest BCUT2D eigenvalue weighted by Gasteiger charge is 2.11. The molecule has 1 aromatic heterocycles. The topological polar surface area (TPSA) is 76.5 Å². The minimum Gasteiger partial charge on any atom is -0.369 e. The average molecular weight is 472 g/mol. The molecular weight excluding hydrogens is 445 g/mol. The predicted molar refractivity (Wildman–Crippen MR) is 135 cm³/mol. The molecule has 6 nitrogen and oxygen atoms in total. The Morgan fingerprint density at radius 1 is 1.19 bits per heavy atom. The molecule has 2 N–H and O–H groups in total. The molecule has 0 spiro atoms. The molecule has 0 aliphatic rings. The number of aryl methyl sites for hydroxylation is 2. The Labute approximate surface area is 198 Å².